The van der Waals surface area contributed by atoms with Crippen molar-refractivity contribution in [3.63, 3.8) is 0 Å². The number of phenolic OH excluding ortho intramolecular Hbond substituents is 1. The second kappa shape index (κ2) is 8.19. The van der Waals surface area contributed by atoms with Gasteiger partial charge in [-0.3, -0.25) is 4.79 Å². The van der Waals surface area contributed by atoms with Gasteiger partial charge in [0.15, 0.2) is 18.1 Å². The summed E-state index contributed by atoms with van der Waals surface area (Å²) in [5.41, 5.74) is 6.30. The van der Waals surface area contributed by atoms with E-state index in [-0.39, 0.29) is 18.3 Å². The average Bonchev–Trinajstić information content (AvgIpc) is 2.58. The molecule has 1 amide bonds. The van der Waals surface area contributed by atoms with Gasteiger partial charge < -0.3 is 14.6 Å². The fourth-order valence-corrected chi connectivity index (χ4v) is 2.28. The third-order valence-electron chi connectivity index (χ3n) is 3.73. The van der Waals surface area contributed by atoms with Gasteiger partial charge in [0.05, 0.1) is 13.3 Å². The molecule has 0 atom stereocenters. The van der Waals surface area contributed by atoms with Gasteiger partial charge in [-0.1, -0.05) is 6.07 Å². The van der Waals surface area contributed by atoms with Crippen LogP contribution in [0.25, 0.3) is 0 Å². The molecule has 0 radical (unpaired) electrons. The molecule has 0 aromatic heterocycles. The van der Waals surface area contributed by atoms with Crippen LogP contribution in [0.2, 0.25) is 0 Å². The van der Waals surface area contributed by atoms with E-state index in [1.54, 1.807) is 12.1 Å². The summed E-state index contributed by atoms with van der Waals surface area (Å²) in [7, 11) is 1.46. The third-order valence-corrected chi connectivity index (χ3v) is 3.73. The van der Waals surface area contributed by atoms with E-state index in [4.69, 9.17) is 9.47 Å². The van der Waals surface area contributed by atoms with E-state index in [1.165, 1.54) is 19.4 Å². The second-order valence-corrected chi connectivity index (χ2v) is 5.72. The van der Waals surface area contributed by atoms with Crippen molar-refractivity contribution in [1.29, 1.82) is 0 Å². The molecular formula is C19H22N2O4. The highest BCUT2D eigenvalue weighted by Crippen LogP contribution is 2.25. The maximum Gasteiger partial charge on any atom is 0.277 e. The number of benzene rings is 2. The molecule has 6 nitrogen and oxygen atoms in total. The zero-order valence-corrected chi connectivity index (χ0v) is 14.8. The predicted molar refractivity (Wildman–Crippen MR) is 96.5 cm³/mol. The number of hydrogen-bond donors (Lipinski definition) is 2. The first-order valence-electron chi connectivity index (χ1n) is 7.80. The first kappa shape index (κ1) is 18.3. The molecule has 0 saturated heterocycles. The molecule has 0 spiro atoms. The molecule has 0 saturated carbocycles. The van der Waals surface area contributed by atoms with Crippen molar-refractivity contribution >= 4 is 12.1 Å². The van der Waals surface area contributed by atoms with E-state index in [9.17, 15) is 9.90 Å². The maximum absolute atomic E-state index is 11.9. The topological polar surface area (TPSA) is 80.2 Å². The first-order valence-corrected chi connectivity index (χ1v) is 7.80. The summed E-state index contributed by atoms with van der Waals surface area (Å²) in [5, 5.41) is 13.4. The van der Waals surface area contributed by atoms with Crippen LogP contribution in [0.3, 0.4) is 0 Å². The number of carbonyl (C=O) groups excluding carboxylic acids is 1. The minimum atomic E-state index is -0.361. The first-order chi connectivity index (χ1) is 11.9. The summed E-state index contributed by atoms with van der Waals surface area (Å²) in [6, 6.07) is 8.73. The van der Waals surface area contributed by atoms with E-state index < -0.39 is 0 Å². The molecule has 0 heterocycles. The van der Waals surface area contributed by atoms with Crippen molar-refractivity contribution in [2.24, 2.45) is 5.10 Å². The Morgan fingerprint density at radius 2 is 1.96 bits per heavy atom. The highest BCUT2D eigenvalue weighted by molar-refractivity contribution is 5.83. The van der Waals surface area contributed by atoms with Gasteiger partial charge in [-0.15, -0.1) is 0 Å². The highest BCUT2D eigenvalue weighted by Gasteiger charge is 2.07. The van der Waals surface area contributed by atoms with Gasteiger partial charge in [0.1, 0.15) is 5.75 Å². The van der Waals surface area contributed by atoms with Crippen LogP contribution >= 0.6 is 0 Å². The Bertz CT molecular complexity index is 800. The van der Waals surface area contributed by atoms with E-state index in [1.807, 2.05) is 26.8 Å². The largest absolute Gasteiger partial charge is 0.504 e. The lowest BCUT2D eigenvalue weighted by Gasteiger charge is -2.11. The van der Waals surface area contributed by atoms with Gasteiger partial charge >= 0.3 is 0 Å². The molecule has 0 bridgehead atoms. The molecule has 2 rings (SSSR count). The number of ether oxygens (including phenoxy) is 2. The molecule has 0 fully saturated rings. The van der Waals surface area contributed by atoms with Crippen molar-refractivity contribution < 1.29 is 19.4 Å². The Balaban J connectivity index is 1.91. The molecule has 0 aliphatic heterocycles. The standard InChI is InChI=1S/C19H22N2O4/c1-12-7-13(2)14(3)17(8-12)25-11-19(23)21-20-10-15-5-6-16(22)18(9-15)24-4/h5-10,22H,11H2,1-4H3,(H,21,23)/b20-10+. The average molecular weight is 342 g/mol. The minimum Gasteiger partial charge on any atom is -0.504 e. The van der Waals surface area contributed by atoms with Crippen LogP contribution in [-0.2, 0) is 4.79 Å². The second-order valence-electron chi connectivity index (χ2n) is 5.72. The molecule has 2 aromatic rings. The Labute approximate surface area is 147 Å². The van der Waals surface area contributed by atoms with Gasteiger partial charge in [0, 0.05) is 0 Å². The Morgan fingerprint density at radius 1 is 1.20 bits per heavy atom. The molecule has 132 valence electrons. The van der Waals surface area contributed by atoms with Crippen molar-refractivity contribution in [1.82, 2.24) is 5.43 Å². The number of aryl methyl sites for hydroxylation is 2. The maximum atomic E-state index is 11.9. The summed E-state index contributed by atoms with van der Waals surface area (Å²) in [6.45, 7) is 5.82. The zero-order valence-electron chi connectivity index (χ0n) is 14.8. The van der Waals surface area contributed by atoms with E-state index in [0.717, 1.165) is 16.7 Å². The number of methoxy groups -OCH3 is 1. The zero-order chi connectivity index (χ0) is 18.4. The van der Waals surface area contributed by atoms with Crippen LogP contribution in [0.5, 0.6) is 17.2 Å². The smallest absolute Gasteiger partial charge is 0.277 e. The molecule has 0 unspecified atom stereocenters. The molecular weight excluding hydrogens is 320 g/mol. The van der Waals surface area contributed by atoms with Gasteiger partial charge in [-0.2, -0.15) is 5.10 Å². The van der Waals surface area contributed by atoms with Crippen LogP contribution in [0, 0.1) is 20.8 Å². The third kappa shape index (κ3) is 4.97. The number of hydrazone groups is 1. The van der Waals surface area contributed by atoms with Gasteiger partial charge in [0.2, 0.25) is 0 Å². The van der Waals surface area contributed by atoms with Crippen LogP contribution in [0.15, 0.2) is 35.4 Å². The Morgan fingerprint density at radius 3 is 2.68 bits per heavy atom. The molecule has 2 N–H and O–H groups in total. The SMILES string of the molecule is COc1cc(/C=N/NC(=O)COc2cc(C)cc(C)c2C)ccc1O. The van der Waals surface area contributed by atoms with Gasteiger partial charge in [-0.25, -0.2) is 5.43 Å². The monoisotopic (exact) mass is 342 g/mol. The van der Waals surface area contributed by atoms with Gasteiger partial charge in [0.25, 0.3) is 5.91 Å². The lowest BCUT2D eigenvalue weighted by Crippen LogP contribution is -2.24. The van der Waals surface area contributed by atoms with Crippen LogP contribution < -0.4 is 14.9 Å². The number of nitrogens with one attached hydrogen (secondary N) is 1. The lowest BCUT2D eigenvalue weighted by atomic mass is 10.1. The molecule has 2 aromatic carbocycles. The predicted octanol–water partition coefficient (Wildman–Crippen LogP) is 2.86. The summed E-state index contributed by atoms with van der Waals surface area (Å²) in [6.07, 6.45) is 1.46. The van der Waals surface area contributed by atoms with Crippen molar-refractivity contribution in [3.8, 4) is 17.2 Å². The quantitative estimate of drug-likeness (QED) is 0.625. The van der Waals surface area contributed by atoms with Crippen LogP contribution in [0.1, 0.15) is 22.3 Å². The number of rotatable bonds is 6. The van der Waals surface area contributed by atoms with Crippen LogP contribution in [-0.4, -0.2) is 30.9 Å². The number of carbonyl (C=O) groups is 1. The molecule has 6 heteroatoms. The summed E-state index contributed by atoms with van der Waals surface area (Å²) < 4.78 is 10.6. The normalized spacial score (nSPS) is 10.7. The van der Waals surface area contributed by atoms with Crippen LogP contribution in [0.4, 0.5) is 0 Å². The highest BCUT2D eigenvalue weighted by atomic mass is 16.5. The van der Waals surface area contributed by atoms with E-state index >= 15 is 0 Å². The van der Waals surface area contributed by atoms with E-state index in [0.29, 0.717) is 17.1 Å². The summed E-state index contributed by atoms with van der Waals surface area (Å²) in [4.78, 5) is 11.9. The summed E-state index contributed by atoms with van der Waals surface area (Å²) in [5.74, 6) is 0.713. The number of phenols is 1. The Kier molecular flexibility index (Phi) is 6.00. The van der Waals surface area contributed by atoms with Gasteiger partial charge in [-0.05, 0) is 67.3 Å². The fraction of sp³-hybridized carbons (Fsp3) is 0.263. The Hall–Kier alpha value is -3.02. The lowest BCUT2D eigenvalue weighted by molar-refractivity contribution is -0.123. The van der Waals surface area contributed by atoms with E-state index in [2.05, 4.69) is 16.6 Å². The molecule has 25 heavy (non-hydrogen) atoms. The number of nitrogens with zero attached hydrogens (tertiary/aromatic N) is 1. The van der Waals surface area contributed by atoms with Crippen molar-refractivity contribution in [2.75, 3.05) is 13.7 Å². The molecule has 0 aliphatic carbocycles. The summed E-state index contributed by atoms with van der Waals surface area (Å²) >= 11 is 0. The van der Waals surface area contributed by atoms with Crippen molar-refractivity contribution in [2.45, 2.75) is 20.8 Å². The number of hydrogen-bond acceptors (Lipinski definition) is 5. The number of aromatic hydroxyl groups is 1. The fourth-order valence-electron chi connectivity index (χ4n) is 2.28. The molecule has 0 aliphatic rings. The number of amides is 1. The minimum absolute atomic E-state index is 0.0425. The van der Waals surface area contributed by atoms with Crippen molar-refractivity contribution in [3.05, 3.63) is 52.6 Å².